The minimum absolute atomic E-state index is 0.0974. The summed E-state index contributed by atoms with van der Waals surface area (Å²) < 4.78 is 12.7. The van der Waals surface area contributed by atoms with Gasteiger partial charge in [0.15, 0.2) is 0 Å². The Morgan fingerprint density at radius 3 is 2.45 bits per heavy atom. The highest BCUT2D eigenvalue weighted by molar-refractivity contribution is 8.00. The van der Waals surface area contributed by atoms with E-state index in [4.69, 9.17) is 0 Å². The molecule has 2 rings (SSSR count). The number of hydrogen-bond donors (Lipinski definition) is 1. The van der Waals surface area contributed by atoms with Crippen molar-refractivity contribution in [1.29, 1.82) is 0 Å². The highest BCUT2D eigenvalue weighted by Gasteiger charge is 2.04. The summed E-state index contributed by atoms with van der Waals surface area (Å²) in [6, 6.07) is 11.9. The first kappa shape index (κ1) is 14.6. The van der Waals surface area contributed by atoms with Gasteiger partial charge < -0.3 is 5.32 Å². The van der Waals surface area contributed by atoms with Gasteiger partial charge in [-0.15, -0.1) is 11.8 Å². The first-order chi connectivity index (χ1) is 9.54. The Morgan fingerprint density at radius 2 is 1.80 bits per heavy atom. The molecule has 2 aromatic carbocycles. The van der Waals surface area contributed by atoms with Crippen LogP contribution in [-0.4, -0.2) is 11.7 Å². The van der Waals surface area contributed by atoms with Crippen molar-refractivity contribution in [3.8, 4) is 0 Å². The first-order valence-electron chi connectivity index (χ1n) is 6.30. The fraction of sp³-hybridized carbons (Fsp3) is 0.188. The van der Waals surface area contributed by atoms with Gasteiger partial charge in [0.05, 0.1) is 5.75 Å². The molecule has 0 saturated carbocycles. The van der Waals surface area contributed by atoms with Gasteiger partial charge in [0, 0.05) is 10.6 Å². The van der Waals surface area contributed by atoms with Crippen LogP contribution in [0.15, 0.2) is 47.4 Å². The number of amides is 1. The van der Waals surface area contributed by atoms with E-state index < -0.39 is 0 Å². The molecule has 0 aliphatic rings. The van der Waals surface area contributed by atoms with Gasteiger partial charge in [0.1, 0.15) is 5.82 Å². The van der Waals surface area contributed by atoms with E-state index in [0.717, 1.165) is 4.90 Å². The normalized spacial score (nSPS) is 10.3. The minimum atomic E-state index is -0.312. The smallest absolute Gasteiger partial charge is 0.234 e. The molecule has 0 saturated heterocycles. The third-order valence-electron chi connectivity index (χ3n) is 2.98. The molecule has 0 bridgehead atoms. The molecule has 2 aromatic rings. The van der Waals surface area contributed by atoms with Crippen LogP contribution in [-0.2, 0) is 4.79 Å². The number of hydrogen-bond acceptors (Lipinski definition) is 2. The molecule has 0 atom stereocenters. The van der Waals surface area contributed by atoms with E-state index in [1.165, 1.54) is 35.0 Å². The third-order valence-corrected chi connectivity index (χ3v) is 3.97. The molecule has 0 aromatic heterocycles. The average molecular weight is 289 g/mol. The van der Waals surface area contributed by atoms with Crippen LogP contribution in [0, 0.1) is 19.7 Å². The number of aryl methyl sites for hydroxylation is 2. The molecule has 0 heterocycles. The summed E-state index contributed by atoms with van der Waals surface area (Å²) in [6.45, 7) is 4.11. The van der Waals surface area contributed by atoms with Gasteiger partial charge in [-0.05, 0) is 61.4 Å². The average Bonchev–Trinajstić information content (AvgIpc) is 2.43. The van der Waals surface area contributed by atoms with Crippen molar-refractivity contribution >= 4 is 23.4 Å². The Balaban J connectivity index is 1.88. The molecular weight excluding hydrogens is 273 g/mol. The molecule has 1 amide bonds. The highest BCUT2D eigenvalue weighted by atomic mass is 32.2. The zero-order chi connectivity index (χ0) is 14.5. The number of carbonyl (C=O) groups excluding carboxylic acids is 1. The summed E-state index contributed by atoms with van der Waals surface area (Å²) in [5.74, 6) is -0.0767. The standard InChI is InChI=1S/C16H16FNOS/c1-11-3-8-15(9-12(11)2)20-10-16(19)18-14-6-4-13(17)5-7-14/h3-9H,10H2,1-2H3,(H,18,19). The largest absolute Gasteiger partial charge is 0.325 e. The Morgan fingerprint density at radius 1 is 1.10 bits per heavy atom. The zero-order valence-corrected chi connectivity index (χ0v) is 12.3. The Kier molecular flexibility index (Phi) is 4.79. The molecule has 104 valence electrons. The molecule has 1 N–H and O–H groups in total. The lowest BCUT2D eigenvalue weighted by molar-refractivity contribution is -0.113. The van der Waals surface area contributed by atoms with Crippen molar-refractivity contribution in [2.75, 3.05) is 11.1 Å². The van der Waals surface area contributed by atoms with Gasteiger partial charge in [-0.1, -0.05) is 6.07 Å². The predicted octanol–water partition coefficient (Wildman–Crippen LogP) is 4.17. The second-order valence-electron chi connectivity index (χ2n) is 4.59. The maximum atomic E-state index is 12.7. The van der Waals surface area contributed by atoms with Gasteiger partial charge in [-0.2, -0.15) is 0 Å². The maximum Gasteiger partial charge on any atom is 0.234 e. The highest BCUT2D eigenvalue weighted by Crippen LogP contribution is 2.21. The van der Waals surface area contributed by atoms with Crippen LogP contribution in [0.3, 0.4) is 0 Å². The van der Waals surface area contributed by atoms with Crippen molar-refractivity contribution in [2.24, 2.45) is 0 Å². The summed E-state index contributed by atoms with van der Waals surface area (Å²) in [5, 5.41) is 2.74. The number of carbonyl (C=O) groups is 1. The van der Waals surface area contributed by atoms with E-state index in [-0.39, 0.29) is 11.7 Å². The van der Waals surface area contributed by atoms with E-state index in [1.54, 1.807) is 12.1 Å². The molecule has 20 heavy (non-hydrogen) atoms. The maximum absolute atomic E-state index is 12.7. The molecule has 0 aliphatic heterocycles. The van der Waals surface area contributed by atoms with Crippen LogP contribution in [0.25, 0.3) is 0 Å². The summed E-state index contributed by atoms with van der Waals surface area (Å²) in [5.41, 5.74) is 3.07. The number of thioether (sulfide) groups is 1. The lowest BCUT2D eigenvalue weighted by atomic mass is 10.1. The SMILES string of the molecule is Cc1ccc(SCC(=O)Nc2ccc(F)cc2)cc1C. The van der Waals surface area contributed by atoms with Crippen LogP contribution in [0.5, 0.6) is 0 Å². The Bertz CT molecular complexity index is 610. The lowest BCUT2D eigenvalue weighted by Crippen LogP contribution is -2.13. The summed E-state index contributed by atoms with van der Waals surface area (Å²) >= 11 is 1.49. The fourth-order valence-electron chi connectivity index (χ4n) is 1.68. The topological polar surface area (TPSA) is 29.1 Å². The number of anilines is 1. The van der Waals surface area contributed by atoms with Crippen LogP contribution in [0.2, 0.25) is 0 Å². The van der Waals surface area contributed by atoms with E-state index >= 15 is 0 Å². The summed E-state index contributed by atoms with van der Waals surface area (Å²) in [6.07, 6.45) is 0. The van der Waals surface area contributed by atoms with E-state index in [1.807, 2.05) is 6.07 Å². The number of halogens is 1. The second kappa shape index (κ2) is 6.57. The van der Waals surface area contributed by atoms with E-state index in [0.29, 0.717) is 11.4 Å². The molecular formula is C16H16FNOS. The molecule has 4 heteroatoms. The van der Waals surface area contributed by atoms with Gasteiger partial charge in [-0.25, -0.2) is 4.39 Å². The second-order valence-corrected chi connectivity index (χ2v) is 5.64. The quantitative estimate of drug-likeness (QED) is 0.856. The van der Waals surface area contributed by atoms with Crippen LogP contribution < -0.4 is 5.32 Å². The lowest BCUT2D eigenvalue weighted by Gasteiger charge is -2.06. The van der Waals surface area contributed by atoms with Crippen molar-refractivity contribution in [3.63, 3.8) is 0 Å². The van der Waals surface area contributed by atoms with Crippen LogP contribution >= 0.6 is 11.8 Å². The first-order valence-corrected chi connectivity index (χ1v) is 7.28. The van der Waals surface area contributed by atoms with E-state index in [2.05, 4.69) is 31.3 Å². The van der Waals surface area contributed by atoms with Crippen molar-refractivity contribution in [3.05, 3.63) is 59.4 Å². The van der Waals surface area contributed by atoms with Gasteiger partial charge in [-0.3, -0.25) is 4.79 Å². The summed E-state index contributed by atoms with van der Waals surface area (Å²) in [4.78, 5) is 12.9. The van der Waals surface area contributed by atoms with Crippen molar-refractivity contribution in [2.45, 2.75) is 18.7 Å². The molecule has 0 unspecified atom stereocenters. The monoisotopic (exact) mass is 289 g/mol. The fourth-order valence-corrected chi connectivity index (χ4v) is 2.48. The minimum Gasteiger partial charge on any atom is -0.325 e. The molecule has 0 fully saturated rings. The number of benzene rings is 2. The van der Waals surface area contributed by atoms with Gasteiger partial charge in [0.25, 0.3) is 0 Å². The van der Waals surface area contributed by atoms with Crippen LogP contribution in [0.4, 0.5) is 10.1 Å². The molecule has 0 spiro atoms. The molecule has 2 nitrogen and oxygen atoms in total. The summed E-state index contributed by atoms with van der Waals surface area (Å²) in [7, 11) is 0. The Hall–Kier alpha value is -1.81. The molecule has 0 radical (unpaired) electrons. The van der Waals surface area contributed by atoms with Crippen LogP contribution in [0.1, 0.15) is 11.1 Å². The predicted molar refractivity (Wildman–Crippen MR) is 81.7 cm³/mol. The van der Waals surface area contributed by atoms with E-state index in [9.17, 15) is 9.18 Å². The number of rotatable bonds is 4. The molecule has 0 aliphatic carbocycles. The Labute approximate surface area is 122 Å². The number of nitrogens with one attached hydrogen (secondary N) is 1. The van der Waals surface area contributed by atoms with Crippen molar-refractivity contribution < 1.29 is 9.18 Å². The van der Waals surface area contributed by atoms with Gasteiger partial charge >= 0.3 is 0 Å². The zero-order valence-electron chi connectivity index (χ0n) is 11.4. The van der Waals surface area contributed by atoms with Crippen molar-refractivity contribution in [1.82, 2.24) is 0 Å². The third kappa shape index (κ3) is 4.10. The van der Waals surface area contributed by atoms with Gasteiger partial charge in [0.2, 0.25) is 5.91 Å².